The molecule has 2 heterocycles. The number of piperazine rings is 1. The molecule has 0 aliphatic carbocycles. The van der Waals surface area contributed by atoms with Crippen LogP contribution in [0.1, 0.15) is 6.42 Å². The number of methoxy groups -OCH3 is 1. The van der Waals surface area contributed by atoms with Gasteiger partial charge in [-0.3, -0.25) is 4.79 Å². The molecule has 0 aromatic heterocycles. The fraction of sp³-hybridized carbons (Fsp3) is 0.562. The van der Waals surface area contributed by atoms with Crippen molar-refractivity contribution in [2.24, 2.45) is 5.92 Å². The molecule has 3 rings (SSSR count). The van der Waals surface area contributed by atoms with Gasteiger partial charge in [0.1, 0.15) is 5.75 Å². The molecule has 1 aromatic carbocycles. The minimum Gasteiger partial charge on any atom is -0.495 e. The maximum Gasteiger partial charge on any atom is 0.226 e. The average Bonchev–Trinajstić information content (AvgIpc) is 3.09. The van der Waals surface area contributed by atoms with Crippen LogP contribution in [-0.2, 0) is 4.79 Å². The van der Waals surface area contributed by atoms with Crippen LogP contribution in [0.5, 0.6) is 5.75 Å². The Hall–Kier alpha value is -1.36. The molecule has 21 heavy (non-hydrogen) atoms. The fourth-order valence-electron chi connectivity index (χ4n) is 3.05. The van der Waals surface area contributed by atoms with Crippen molar-refractivity contribution in [1.29, 1.82) is 0 Å². The molecular formula is C16H22N2O2S. The molecule has 4 nitrogen and oxygen atoms in total. The number of carbonyl (C=O) groups is 1. The molecule has 1 amide bonds. The van der Waals surface area contributed by atoms with E-state index < -0.39 is 0 Å². The lowest BCUT2D eigenvalue weighted by Gasteiger charge is -2.37. The predicted octanol–water partition coefficient (Wildman–Crippen LogP) is 2.10. The number of hydrogen-bond acceptors (Lipinski definition) is 4. The van der Waals surface area contributed by atoms with Crippen molar-refractivity contribution in [2.45, 2.75) is 6.42 Å². The molecule has 1 unspecified atom stereocenters. The van der Waals surface area contributed by atoms with Crippen molar-refractivity contribution in [1.82, 2.24) is 4.90 Å². The number of nitrogens with zero attached hydrogens (tertiary/aromatic N) is 2. The Balaban J connectivity index is 1.61. The van der Waals surface area contributed by atoms with Crippen LogP contribution in [0, 0.1) is 5.92 Å². The van der Waals surface area contributed by atoms with Gasteiger partial charge in [0.05, 0.1) is 12.8 Å². The zero-order valence-corrected chi connectivity index (χ0v) is 13.3. The van der Waals surface area contributed by atoms with E-state index in [9.17, 15) is 4.79 Å². The van der Waals surface area contributed by atoms with Gasteiger partial charge in [0.2, 0.25) is 5.91 Å². The Kier molecular flexibility index (Phi) is 4.58. The first-order valence-electron chi connectivity index (χ1n) is 7.54. The third-order valence-corrected chi connectivity index (χ3v) is 5.46. The van der Waals surface area contributed by atoms with Gasteiger partial charge in [0.15, 0.2) is 0 Å². The van der Waals surface area contributed by atoms with E-state index in [1.807, 2.05) is 34.9 Å². The van der Waals surface area contributed by atoms with Crippen molar-refractivity contribution in [2.75, 3.05) is 49.7 Å². The zero-order valence-electron chi connectivity index (χ0n) is 12.5. The Bertz CT molecular complexity index is 495. The van der Waals surface area contributed by atoms with Crippen LogP contribution in [0.2, 0.25) is 0 Å². The van der Waals surface area contributed by atoms with E-state index in [0.29, 0.717) is 5.91 Å². The SMILES string of the molecule is COc1ccccc1N1CCN(C(=O)C2CCSC2)CC1. The lowest BCUT2D eigenvalue weighted by molar-refractivity contribution is -0.135. The number of para-hydroxylation sites is 2. The number of carbonyl (C=O) groups excluding carboxylic acids is 1. The highest BCUT2D eigenvalue weighted by molar-refractivity contribution is 7.99. The first-order chi connectivity index (χ1) is 10.3. The summed E-state index contributed by atoms with van der Waals surface area (Å²) >= 11 is 1.90. The predicted molar refractivity (Wildman–Crippen MR) is 87.2 cm³/mol. The highest BCUT2D eigenvalue weighted by Gasteiger charge is 2.30. The van der Waals surface area contributed by atoms with Gasteiger partial charge in [-0.2, -0.15) is 11.8 Å². The highest BCUT2D eigenvalue weighted by atomic mass is 32.2. The monoisotopic (exact) mass is 306 g/mol. The topological polar surface area (TPSA) is 32.8 Å². The van der Waals surface area contributed by atoms with Crippen LogP contribution in [0.25, 0.3) is 0 Å². The van der Waals surface area contributed by atoms with E-state index in [1.54, 1.807) is 7.11 Å². The van der Waals surface area contributed by atoms with Gasteiger partial charge in [-0.25, -0.2) is 0 Å². The number of amides is 1. The number of rotatable bonds is 3. The van der Waals surface area contributed by atoms with Gasteiger partial charge in [0, 0.05) is 37.8 Å². The van der Waals surface area contributed by atoms with Gasteiger partial charge >= 0.3 is 0 Å². The second-order valence-corrected chi connectivity index (χ2v) is 6.69. The van der Waals surface area contributed by atoms with Crippen LogP contribution >= 0.6 is 11.8 Å². The van der Waals surface area contributed by atoms with Crippen LogP contribution in [0.4, 0.5) is 5.69 Å². The van der Waals surface area contributed by atoms with E-state index in [2.05, 4.69) is 11.0 Å². The van der Waals surface area contributed by atoms with Gasteiger partial charge in [-0.15, -0.1) is 0 Å². The lowest BCUT2D eigenvalue weighted by atomic mass is 10.1. The molecule has 0 spiro atoms. The summed E-state index contributed by atoms with van der Waals surface area (Å²) in [7, 11) is 1.70. The molecule has 0 saturated carbocycles. The smallest absolute Gasteiger partial charge is 0.226 e. The standard InChI is InChI=1S/C16H22N2O2S/c1-20-15-5-3-2-4-14(15)17-7-9-18(10-8-17)16(19)13-6-11-21-12-13/h2-5,13H,6-12H2,1H3. The fourth-order valence-corrected chi connectivity index (χ4v) is 4.26. The number of benzene rings is 1. The molecule has 5 heteroatoms. The van der Waals surface area contributed by atoms with Gasteiger partial charge in [0.25, 0.3) is 0 Å². The zero-order chi connectivity index (χ0) is 14.7. The average molecular weight is 306 g/mol. The van der Waals surface area contributed by atoms with Crippen LogP contribution < -0.4 is 9.64 Å². The molecule has 0 radical (unpaired) electrons. The van der Waals surface area contributed by atoms with Crippen molar-refractivity contribution in [3.8, 4) is 5.75 Å². The summed E-state index contributed by atoms with van der Waals surface area (Å²) in [6.45, 7) is 3.40. The molecular weight excluding hydrogens is 284 g/mol. The van der Waals surface area contributed by atoms with Crippen LogP contribution in [-0.4, -0.2) is 55.6 Å². The van der Waals surface area contributed by atoms with Gasteiger partial charge in [-0.1, -0.05) is 12.1 Å². The van der Waals surface area contributed by atoms with Crippen LogP contribution in [0.3, 0.4) is 0 Å². The van der Waals surface area contributed by atoms with Crippen molar-refractivity contribution in [3.05, 3.63) is 24.3 Å². The van der Waals surface area contributed by atoms with Gasteiger partial charge < -0.3 is 14.5 Å². The maximum absolute atomic E-state index is 12.4. The van der Waals surface area contributed by atoms with E-state index >= 15 is 0 Å². The summed E-state index contributed by atoms with van der Waals surface area (Å²) in [4.78, 5) is 16.8. The van der Waals surface area contributed by atoms with Gasteiger partial charge in [-0.05, 0) is 24.3 Å². The van der Waals surface area contributed by atoms with E-state index in [0.717, 1.165) is 55.5 Å². The van der Waals surface area contributed by atoms with Crippen LogP contribution in [0.15, 0.2) is 24.3 Å². The summed E-state index contributed by atoms with van der Waals surface area (Å²) in [5.41, 5.74) is 1.13. The molecule has 1 atom stereocenters. The minimum absolute atomic E-state index is 0.257. The number of thioether (sulfide) groups is 1. The maximum atomic E-state index is 12.4. The third-order valence-electron chi connectivity index (χ3n) is 4.30. The number of anilines is 1. The largest absolute Gasteiger partial charge is 0.495 e. The second-order valence-electron chi connectivity index (χ2n) is 5.54. The van der Waals surface area contributed by atoms with Crippen molar-refractivity contribution in [3.63, 3.8) is 0 Å². The molecule has 2 aliphatic heterocycles. The Morgan fingerprint density at radius 1 is 1.24 bits per heavy atom. The summed E-state index contributed by atoms with van der Waals surface area (Å²) in [5.74, 6) is 3.67. The Labute approximate surface area is 130 Å². The van der Waals surface area contributed by atoms with Crippen molar-refractivity contribution < 1.29 is 9.53 Å². The molecule has 2 saturated heterocycles. The summed E-state index contributed by atoms with van der Waals surface area (Å²) < 4.78 is 5.43. The van der Waals surface area contributed by atoms with Crippen molar-refractivity contribution >= 4 is 23.4 Å². The normalized spacial score (nSPS) is 22.4. The first kappa shape index (κ1) is 14.6. The number of hydrogen-bond donors (Lipinski definition) is 0. The highest BCUT2D eigenvalue weighted by Crippen LogP contribution is 2.29. The minimum atomic E-state index is 0.257. The first-order valence-corrected chi connectivity index (χ1v) is 8.69. The van der Waals surface area contributed by atoms with E-state index in [4.69, 9.17) is 4.74 Å². The molecule has 2 aliphatic rings. The third kappa shape index (κ3) is 3.12. The quantitative estimate of drug-likeness (QED) is 0.856. The second kappa shape index (κ2) is 6.60. The lowest BCUT2D eigenvalue weighted by Crippen LogP contribution is -2.50. The van der Waals surface area contributed by atoms with E-state index in [-0.39, 0.29) is 5.92 Å². The summed E-state index contributed by atoms with van der Waals surface area (Å²) in [6.07, 6.45) is 1.05. The molecule has 2 fully saturated rings. The molecule has 114 valence electrons. The molecule has 0 N–H and O–H groups in total. The Morgan fingerprint density at radius 3 is 2.67 bits per heavy atom. The molecule has 1 aromatic rings. The molecule has 0 bridgehead atoms. The van der Waals surface area contributed by atoms with E-state index in [1.165, 1.54) is 0 Å². The summed E-state index contributed by atoms with van der Waals surface area (Å²) in [6, 6.07) is 8.09. The summed E-state index contributed by atoms with van der Waals surface area (Å²) in [5, 5.41) is 0. The Morgan fingerprint density at radius 2 is 2.00 bits per heavy atom. The number of ether oxygens (including phenoxy) is 1.